The van der Waals surface area contributed by atoms with E-state index in [1.165, 1.54) is 0 Å². The third-order valence-electron chi connectivity index (χ3n) is 3.71. The van der Waals surface area contributed by atoms with Crippen molar-refractivity contribution < 1.29 is 4.74 Å². The number of hydrogen-bond donors (Lipinski definition) is 2. The molecule has 7 heteroatoms. The molecule has 0 aliphatic carbocycles. The summed E-state index contributed by atoms with van der Waals surface area (Å²) in [6.07, 6.45) is 2.76. The van der Waals surface area contributed by atoms with Crippen LogP contribution in [0.1, 0.15) is 6.42 Å². The number of nitrogens with two attached hydrogens (primary N) is 1. The number of aromatic nitrogens is 2. The second-order valence-electron chi connectivity index (χ2n) is 5.40. The minimum atomic E-state index is 0. The molecule has 3 N–H and O–H groups in total. The van der Waals surface area contributed by atoms with Gasteiger partial charge in [0.25, 0.3) is 0 Å². The molecule has 0 amide bonds. The number of benzene rings is 2. The Bertz CT molecular complexity index is 846. The molecule has 0 aliphatic heterocycles. The van der Waals surface area contributed by atoms with Gasteiger partial charge in [-0.15, -0.1) is 24.0 Å². The summed E-state index contributed by atoms with van der Waals surface area (Å²) in [4.78, 5) is 8.75. The number of rotatable bonds is 6. The molecule has 25 heavy (non-hydrogen) atoms. The van der Waals surface area contributed by atoms with Crippen molar-refractivity contribution in [1.82, 2.24) is 9.55 Å². The van der Waals surface area contributed by atoms with Gasteiger partial charge in [-0.25, -0.2) is 4.98 Å². The largest absolute Gasteiger partial charge is 0.497 e. The number of aryl methyl sites for hydroxylation is 1. The molecule has 3 aromatic rings. The number of fused-ring (bicyclic) bond motifs is 1. The number of aliphatic imine (C=N–C) groups is 1. The first-order chi connectivity index (χ1) is 11.8. The van der Waals surface area contributed by atoms with Crippen LogP contribution < -0.4 is 15.8 Å². The Morgan fingerprint density at radius 3 is 2.92 bits per heavy atom. The van der Waals surface area contributed by atoms with Crippen molar-refractivity contribution in [2.45, 2.75) is 13.0 Å². The Labute approximate surface area is 164 Å². The van der Waals surface area contributed by atoms with E-state index in [-0.39, 0.29) is 24.0 Å². The number of guanidine groups is 1. The molecule has 1 aromatic heterocycles. The Balaban J connectivity index is 0.00000225. The smallest absolute Gasteiger partial charge is 0.193 e. The van der Waals surface area contributed by atoms with E-state index in [1.54, 1.807) is 7.11 Å². The van der Waals surface area contributed by atoms with Gasteiger partial charge in [0.15, 0.2) is 5.96 Å². The zero-order valence-corrected chi connectivity index (χ0v) is 16.4. The van der Waals surface area contributed by atoms with Crippen molar-refractivity contribution in [3.63, 3.8) is 0 Å². The molecule has 0 saturated heterocycles. The summed E-state index contributed by atoms with van der Waals surface area (Å²) >= 11 is 0. The van der Waals surface area contributed by atoms with E-state index < -0.39 is 0 Å². The molecule has 0 aliphatic rings. The maximum absolute atomic E-state index is 5.93. The molecular formula is C18H22IN5O. The maximum Gasteiger partial charge on any atom is 0.193 e. The third kappa shape index (κ3) is 5.09. The predicted octanol–water partition coefficient (Wildman–Crippen LogP) is 3.48. The molecule has 3 rings (SSSR count). The van der Waals surface area contributed by atoms with Gasteiger partial charge >= 0.3 is 0 Å². The van der Waals surface area contributed by atoms with E-state index in [4.69, 9.17) is 10.5 Å². The lowest BCUT2D eigenvalue weighted by atomic mass is 10.3. The van der Waals surface area contributed by atoms with Crippen LogP contribution in [0.4, 0.5) is 5.69 Å². The first-order valence-corrected chi connectivity index (χ1v) is 7.87. The fourth-order valence-corrected chi connectivity index (χ4v) is 2.52. The van der Waals surface area contributed by atoms with Crippen molar-refractivity contribution in [2.75, 3.05) is 19.0 Å². The van der Waals surface area contributed by atoms with Gasteiger partial charge in [-0.2, -0.15) is 0 Å². The molecule has 0 spiro atoms. The van der Waals surface area contributed by atoms with Crippen LogP contribution in [0.15, 0.2) is 59.9 Å². The number of nitrogens with zero attached hydrogens (tertiary/aromatic N) is 3. The van der Waals surface area contributed by atoms with Gasteiger partial charge < -0.3 is 20.4 Å². The molecule has 0 saturated carbocycles. The molecule has 2 aromatic carbocycles. The van der Waals surface area contributed by atoms with Gasteiger partial charge in [0.05, 0.1) is 24.5 Å². The van der Waals surface area contributed by atoms with E-state index in [9.17, 15) is 0 Å². The fraction of sp³-hybridized carbons (Fsp3) is 0.222. The molecule has 0 radical (unpaired) electrons. The molecular weight excluding hydrogens is 429 g/mol. The average molecular weight is 451 g/mol. The van der Waals surface area contributed by atoms with Gasteiger partial charge in [-0.3, -0.25) is 4.99 Å². The monoisotopic (exact) mass is 451 g/mol. The zero-order chi connectivity index (χ0) is 16.8. The molecule has 0 unspecified atom stereocenters. The molecule has 0 fully saturated rings. The Kier molecular flexibility index (Phi) is 7.05. The van der Waals surface area contributed by atoms with Crippen molar-refractivity contribution in [1.29, 1.82) is 0 Å². The van der Waals surface area contributed by atoms with Crippen molar-refractivity contribution in [3.8, 4) is 5.75 Å². The van der Waals surface area contributed by atoms with E-state index >= 15 is 0 Å². The van der Waals surface area contributed by atoms with Crippen LogP contribution in [0, 0.1) is 0 Å². The van der Waals surface area contributed by atoms with Gasteiger partial charge in [0.1, 0.15) is 5.75 Å². The second-order valence-corrected chi connectivity index (χ2v) is 5.40. The molecule has 0 atom stereocenters. The molecule has 132 valence electrons. The Hall–Kier alpha value is -2.29. The lowest BCUT2D eigenvalue weighted by molar-refractivity contribution is 0.415. The van der Waals surface area contributed by atoms with Gasteiger partial charge in [0, 0.05) is 24.8 Å². The zero-order valence-electron chi connectivity index (χ0n) is 14.1. The number of ether oxygens (including phenoxy) is 1. The average Bonchev–Trinajstić information content (AvgIpc) is 3.02. The summed E-state index contributed by atoms with van der Waals surface area (Å²) in [6.45, 7) is 1.51. The SMILES string of the molecule is COc1cccc(NC(N)=NCCCn2cnc3ccccc32)c1.I. The van der Waals surface area contributed by atoms with Crippen molar-refractivity contribution in [2.24, 2.45) is 10.7 Å². The quantitative estimate of drug-likeness (QED) is 0.261. The highest BCUT2D eigenvalue weighted by molar-refractivity contribution is 14.0. The summed E-state index contributed by atoms with van der Waals surface area (Å²) in [5.41, 5.74) is 8.94. The summed E-state index contributed by atoms with van der Waals surface area (Å²) in [5, 5.41) is 3.07. The minimum Gasteiger partial charge on any atom is -0.497 e. The van der Waals surface area contributed by atoms with Crippen LogP contribution >= 0.6 is 24.0 Å². The summed E-state index contributed by atoms with van der Waals surface area (Å²) < 4.78 is 7.32. The standard InChI is InChI=1S/C18H21N5O.HI/c1-24-15-7-4-6-14(12-15)22-18(19)20-10-5-11-23-13-21-16-8-2-3-9-17(16)23;/h2-4,6-9,12-13H,5,10-11H2,1H3,(H3,19,20,22);1H. The van der Waals surface area contributed by atoms with Crippen LogP contribution in [0.5, 0.6) is 5.75 Å². The van der Waals surface area contributed by atoms with E-state index in [1.807, 2.05) is 48.8 Å². The molecule has 6 nitrogen and oxygen atoms in total. The summed E-state index contributed by atoms with van der Waals surface area (Å²) in [6, 6.07) is 15.7. The first kappa shape index (κ1) is 19.0. The number of halogens is 1. The summed E-state index contributed by atoms with van der Waals surface area (Å²) in [5.74, 6) is 1.18. The van der Waals surface area contributed by atoms with Crippen LogP contribution in [0.3, 0.4) is 0 Å². The van der Waals surface area contributed by atoms with Gasteiger partial charge in [0.2, 0.25) is 0 Å². The van der Waals surface area contributed by atoms with Crippen LogP contribution in [0.25, 0.3) is 11.0 Å². The highest BCUT2D eigenvalue weighted by atomic mass is 127. The minimum absolute atomic E-state index is 0. The number of methoxy groups -OCH3 is 1. The van der Waals surface area contributed by atoms with Crippen LogP contribution in [-0.2, 0) is 6.54 Å². The number of imidazole rings is 1. The lowest BCUT2D eigenvalue weighted by Gasteiger charge is -2.07. The van der Waals surface area contributed by atoms with E-state index in [0.717, 1.165) is 35.4 Å². The van der Waals surface area contributed by atoms with Gasteiger partial charge in [-0.1, -0.05) is 18.2 Å². The topological polar surface area (TPSA) is 77.5 Å². The number of para-hydroxylation sites is 2. The van der Waals surface area contributed by atoms with Crippen molar-refractivity contribution in [3.05, 3.63) is 54.9 Å². The number of hydrogen-bond acceptors (Lipinski definition) is 3. The van der Waals surface area contributed by atoms with Crippen LogP contribution in [-0.4, -0.2) is 29.2 Å². The third-order valence-corrected chi connectivity index (χ3v) is 3.71. The first-order valence-electron chi connectivity index (χ1n) is 7.87. The lowest BCUT2D eigenvalue weighted by Crippen LogP contribution is -2.23. The highest BCUT2D eigenvalue weighted by Gasteiger charge is 2.01. The van der Waals surface area contributed by atoms with Gasteiger partial charge in [-0.05, 0) is 30.7 Å². The number of nitrogens with one attached hydrogen (secondary N) is 1. The molecule has 1 heterocycles. The van der Waals surface area contributed by atoms with Crippen molar-refractivity contribution >= 4 is 46.7 Å². The maximum atomic E-state index is 5.93. The normalized spacial score (nSPS) is 11.2. The van der Waals surface area contributed by atoms with E-state index in [2.05, 4.69) is 25.9 Å². The number of anilines is 1. The second kappa shape index (κ2) is 9.26. The Morgan fingerprint density at radius 2 is 2.08 bits per heavy atom. The fourth-order valence-electron chi connectivity index (χ4n) is 2.52. The molecule has 0 bridgehead atoms. The highest BCUT2D eigenvalue weighted by Crippen LogP contribution is 2.16. The Morgan fingerprint density at radius 1 is 1.24 bits per heavy atom. The van der Waals surface area contributed by atoms with Crippen LogP contribution in [0.2, 0.25) is 0 Å². The van der Waals surface area contributed by atoms with E-state index in [0.29, 0.717) is 12.5 Å². The summed E-state index contributed by atoms with van der Waals surface area (Å²) in [7, 11) is 1.64. The predicted molar refractivity (Wildman–Crippen MR) is 113 cm³/mol.